The highest BCUT2D eigenvalue weighted by Crippen LogP contribution is 2.25. The minimum Gasteiger partial charge on any atom is -0.491 e. The van der Waals surface area contributed by atoms with Gasteiger partial charge in [0, 0.05) is 30.9 Å². The first-order valence-electron chi connectivity index (χ1n) is 9.79. The summed E-state index contributed by atoms with van der Waals surface area (Å²) in [7, 11) is -3.72. The van der Waals surface area contributed by atoms with E-state index < -0.39 is 10.0 Å². The van der Waals surface area contributed by atoms with Crippen LogP contribution in [0.5, 0.6) is 5.75 Å². The summed E-state index contributed by atoms with van der Waals surface area (Å²) in [6.45, 7) is 1.95. The topological polar surface area (TPSA) is 84.9 Å². The fourth-order valence-electron chi connectivity index (χ4n) is 3.52. The largest absolute Gasteiger partial charge is 0.491 e. The minimum absolute atomic E-state index is 0.0699. The lowest BCUT2D eigenvalue weighted by Gasteiger charge is -2.16. The molecule has 2 aliphatic rings. The molecule has 2 aliphatic heterocycles. The lowest BCUT2D eigenvalue weighted by Crippen LogP contribution is -2.23. The van der Waals surface area contributed by atoms with Gasteiger partial charge in [0.15, 0.2) is 0 Å². The van der Waals surface area contributed by atoms with Crippen LogP contribution in [-0.4, -0.2) is 40.2 Å². The molecule has 2 saturated heterocycles. The van der Waals surface area contributed by atoms with E-state index >= 15 is 0 Å². The molecule has 0 radical (unpaired) electrons. The van der Waals surface area contributed by atoms with E-state index in [0.29, 0.717) is 31.0 Å². The number of sulfonamides is 1. The van der Waals surface area contributed by atoms with Crippen molar-refractivity contribution in [2.75, 3.05) is 29.4 Å². The molecule has 0 saturated carbocycles. The van der Waals surface area contributed by atoms with Gasteiger partial charge < -0.3 is 14.4 Å². The summed E-state index contributed by atoms with van der Waals surface area (Å²) in [5, 5.41) is 0. The number of anilines is 2. The highest BCUT2D eigenvalue weighted by Gasteiger charge is 2.22. The maximum absolute atomic E-state index is 12.6. The van der Waals surface area contributed by atoms with Crippen molar-refractivity contribution in [3.8, 4) is 5.75 Å². The number of ether oxygens (including phenoxy) is 2. The third kappa shape index (κ3) is 4.71. The first-order chi connectivity index (χ1) is 14.0. The van der Waals surface area contributed by atoms with E-state index in [9.17, 15) is 13.2 Å². The normalized spacial score (nSPS) is 19.5. The summed E-state index contributed by atoms with van der Waals surface area (Å²) in [6.07, 6.45) is 3.56. The molecule has 0 aromatic heterocycles. The van der Waals surface area contributed by atoms with E-state index in [0.717, 1.165) is 31.6 Å². The molecule has 2 fully saturated rings. The summed E-state index contributed by atoms with van der Waals surface area (Å²) >= 11 is 0. The average molecular weight is 416 g/mol. The summed E-state index contributed by atoms with van der Waals surface area (Å²) in [6, 6.07) is 13.2. The highest BCUT2D eigenvalue weighted by atomic mass is 32.2. The Morgan fingerprint density at radius 3 is 2.45 bits per heavy atom. The summed E-state index contributed by atoms with van der Waals surface area (Å²) in [4.78, 5) is 13.6. The van der Waals surface area contributed by atoms with Crippen LogP contribution in [0.1, 0.15) is 25.7 Å². The van der Waals surface area contributed by atoms with Gasteiger partial charge in [0.05, 0.1) is 11.0 Å². The molecule has 1 N–H and O–H groups in total. The van der Waals surface area contributed by atoms with Crippen molar-refractivity contribution >= 4 is 27.3 Å². The van der Waals surface area contributed by atoms with Crippen LogP contribution in [0.2, 0.25) is 0 Å². The zero-order chi connectivity index (χ0) is 20.3. The van der Waals surface area contributed by atoms with E-state index in [4.69, 9.17) is 9.47 Å². The second-order valence-corrected chi connectivity index (χ2v) is 8.90. The highest BCUT2D eigenvalue weighted by molar-refractivity contribution is 7.92. The molecule has 8 heteroatoms. The van der Waals surface area contributed by atoms with Gasteiger partial charge in [-0.1, -0.05) is 0 Å². The monoisotopic (exact) mass is 416 g/mol. The zero-order valence-corrected chi connectivity index (χ0v) is 16.9. The van der Waals surface area contributed by atoms with Gasteiger partial charge in [0.25, 0.3) is 10.0 Å². The predicted octanol–water partition coefficient (Wildman–Crippen LogP) is 3.17. The maximum atomic E-state index is 12.6. The second-order valence-electron chi connectivity index (χ2n) is 7.22. The first-order valence-corrected chi connectivity index (χ1v) is 11.3. The average Bonchev–Trinajstić information content (AvgIpc) is 3.39. The lowest BCUT2D eigenvalue weighted by atomic mass is 10.2. The number of carbonyl (C=O) groups is 1. The Hall–Kier alpha value is -2.58. The van der Waals surface area contributed by atoms with Gasteiger partial charge in [-0.3, -0.25) is 9.52 Å². The van der Waals surface area contributed by atoms with Crippen LogP contribution in [-0.2, 0) is 19.6 Å². The van der Waals surface area contributed by atoms with Crippen LogP contribution < -0.4 is 14.4 Å². The molecule has 7 nitrogen and oxygen atoms in total. The molecule has 0 bridgehead atoms. The van der Waals surface area contributed by atoms with E-state index in [1.54, 1.807) is 41.3 Å². The quantitative estimate of drug-likeness (QED) is 0.749. The van der Waals surface area contributed by atoms with Crippen molar-refractivity contribution in [3.05, 3.63) is 48.5 Å². The fraction of sp³-hybridized carbons (Fsp3) is 0.381. The Labute approximate surface area is 170 Å². The van der Waals surface area contributed by atoms with Gasteiger partial charge in [-0.2, -0.15) is 0 Å². The number of nitrogens with zero attached hydrogens (tertiary/aromatic N) is 1. The van der Waals surface area contributed by atoms with Crippen LogP contribution in [0.4, 0.5) is 11.4 Å². The molecule has 2 aromatic carbocycles. The number of carbonyl (C=O) groups excluding carboxylic acids is 1. The number of hydrogen-bond donors (Lipinski definition) is 1. The number of nitrogens with one attached hydrogen (secondary N) is 1. The number of hydrogen-bond acceptors (Lipinski definition) is 5. The molecular formula is C21H24N2O5S. The zero-order valence-electron chi connectivity index (χ0n) is 16.0. The first kappa shape index (κ1) is 19.7. The Bertz CT molecular complexity index is 952. The third-order valence-corrected chi connectivity index (χ3v) is 6.50. The molecule has 4 rings (SSSR count). The Morgan fingerprint density at radius 2 is 1.83 bits per heavy atom. The van der Waals surface area contributed by atoms with Gasteiger partial charge in [0.1, 0.15) is 12.4 Å². The van der Waals surface area contributed by atoms with Crippen molar-refractivity contribution in [2.24, 2.45) is 0 Å². The molecule has 0 spiro atoms. The van der Waals surface area contributed by atoms with Gasteiger partial charge in [-0.25, -0.2) is 8.42 Å². The molecule has 154 valence electrons. The number of amides is 1. The van der Waals surface area contributed by atoms with Crippen LogP contribution in [0.15, 0.2) is 53.4 Å². The molecule has 1 amide bonds. The van der Waals surface area contributed by atoms with Gasteiger partial charge in [-0.05, 0) is 67.8 Å². The van der Waals surface area contributed by atoms with Crippen LogP contribution >= 0.6 is 0 Å². The molecule has 2 aromatic rings. The number of benzene rings is 2. The van der Waals surface area contributed by atoms with Crippen LogP contribution in [0.25, 0.3) is 0 Å². The molecule has 0 unspecified atom stereocenters. The van der Waals surface area contributed by atoms with E-state index in [1.807, 2.05) is 0 Å². The summed E-state index contributed by atoms with van der Waals surface area (Å²) < 4.78 is 39.1. The van der Waals surface area contributed by atoms with E-state index in [1.165, 1.54) is 12.1 Å². The smallest absolute Gasteiger partial charge is 0.261 e. The minimum atomic E-state index is -3.72. The molecule has 0 aliphatic carbocycles. The SMILES string of the molecule is O=C1CCCN1c1ccc(S(=O)(=O)Nc2ccc(OC[C@H]3CCCO3)cc2)cc1. The Balaban J connectivity index is 1.38. The molecular weight excluding hydrogens is 392 g/mol. The van der Waals surface area contributed by atoms with Crippen molar-refractivity contribution in [1.82, 2.24) is 0 Å². The predicted molar refractivity (Wildman–Crippen MR) is 110 cm³/mol. The molecule has 2 heterocycles. The molecule has 29 heavy (non-hydrogen) atoms. The van der Waals surface area contributed by atoms with Gasteiger partial charge in [-0.15, -0.1) is 0 Å². The van der Waals surface area contributed by atoms with Crippen molar-refractivity contribution < 1.29 is 22.7 Å². The second kappa shape index (κ2) is 8.42. The van der Waals surface area contributed by atoms with Crippen molar-refractivity contribution in [3.63, 3.8) is 0 Å². The summed E-state index contributed by atoms with van der Waals surface area (Å²) in [5.41, 5.74) is 1.17. The van der Waals surface area contributed by atoms with Gasteiger partial charge >= 0.3 is 0 Å². The maximum Gasteiger partial charge on any atom is 0.261 e. The summed E-state index contributed by atoms with van der Waals surface area (Å²) in [5.74, 6) is 0.739. The van der Waals surface area contributed by atoms with Crippen molar-refractivity contribution in [2.45, 2.75) is 36.7 Å². The van der Waals surface area contributed by atoms with Crippen LogP contribution in [0, 0.1) is 0 Å². The standard InChI is InChI=1S/C21H24N2O5S/c24-21-4-1-13-23(21)17-7-11-20(12-8-17)29(25,26)22-16-5-9-18(10-6-16)28-15-19-3-2-14-27-19/h5-12,19,22H,1-4,13-15H2/t19-/m1/s1. The molecule has 1 atom stereocenters. The third-order valence-electron chi connectivity index (χ3n) is 5.10. The fourth-order valence-corrected chi connectivity index (χ4v) is 4.58. The Kier molecular flexibility index (Phi) is 5.73. The van der Waals surface area contributed by atoms with Crippen LogP contribution in [0.3, 0.4) is 0 Å². The van der Waals surface area contributed by atoms with E-state index in [2.05, 4.69) is 4.72 Å². The van der Waals surface area contributed by atoms with E-state index in [-0.39, 0.29) is 16.9 Å². The lowest BCUT2D eigenvalue weighted by molar-refractivity contribution is -0.117. The van der Waals surface area contributed by atoms with Crippen molar-refractivity contribution in [1.29, 1.82) is 0 Å². The van der Waals surface area contributed by atoms with Gasteiger partial charge in [0.2, 0.25) is 5.91 Å². The Morgan fingerprint density at radius 1 is 1.07 bits per heavy atom. The number of rotatable bonds is 7.